The van der Waals surface area contributed by atoms with E-state index in [1.807, 2.05) is 20.8 Å². The zero-order chi connectivity index (χ0) is 39.9. The molecular weight excluding hydrogens is 728 g/mol. The largest absolute Gasteiger partial charge is 0.458 e. The van der Waals surface area contributed by atoms with Crippen LogP contribution in [0.3, 0.4) is 0 Å². The highest BCUT2D eigenvalue weighted by molar-refractivity contribution is 5.85. The number of hydrogen-bond donors (Lipinski definition) is 5. The molecule has 8 aliphatic rings. The van der Waals surface area contributed by atoms with Crippen LogP contribution in [-0.4, -0.2) is 137 Å². The molecule has 56 heavy (non-hydrogen) atoms. The van der Waals surface area contributed by atoms with Gasteiger partial charge < -0.3 is 63.4 Å². The van der Waals surface area contributed by atoms with Gasteiger partial charge in [-0.05, 0) is 107 Å². The van der Waals surface area contributed by atoms with Gasteiger partial charge in [-0.3, -0.25) is 0 Å². The zero-order valence-electron chi connectivity index (χ0n) is 33.9. The summed E-state index contributed by atoms with van der Waals surface area (Å²) in [6.45, 7) is 10.1. The van der Waals surface area contributed by atoms with Gasteiger partial charge in [0, 0.05) is 37.9 Å². The van der Waals surface area contributed by atoms with Crippen molar-refractivity contribution in [3.05, 3.63) is 11.6 Å². The number of hydrogen-bond acceptors (Lipinski definition) is 14. The number of cyclic esters (lactones) is 1. The Balaban J connectivity index is 0.832. The van der Waals surface area contributed by atoms with E-state index in [1.165, 1.54) is 7.11 Å². The van der Waals surface area contributed by atoms with E-state index in [9.17, 15) is 30.3 Å². The lowest BCUT2D eigenvalue weighted by Gasteiger charge is -2.65. The first-order valence-electron chi connectivity index (χ1n) is 21.3. The summed E-state index contributed by atoms with van der Waals surface area (Å²) in [6.07, 6.45) is -0.0154. The highest BCUT2D eigenvalue weighted by Crippen LogP contribution is 2.70. The fraction of sp³-hybridized carbons (Fsp3) is 0.929. The van der Waals surface area contributed by atoms with Crippen LogP contribution < -0.4 is 0 Å². The molecule has 14 heteroatoms. The van der Waals surface area contributed by atoms with Crippen molar-refractivity contribution in [3.63, 3.8) is 0 Å². The van der Waals surface area contributed by atoms with E-state index >= 15 is 0 Å². The number of carbonyl (C=O) groups is 1. The molecule has 14 nitrogen and oxygen atoms in total. The number of carbonyl (C=O) groups excluding carboxylic acids is 1. The lowest BCUT2D eigenvalue weighted by Crippen LogP contribution is -2.67. The molecule has 4 heterocycles. The van der Waals surface area contributed by atoms with Crippen molar-refractivity contribution in [2.75, 3.05) is 13.7 Å². The van der Waals surface area contributed by atoms with Crippen LogP contribution in [0.4, 0.5) is 0 Å². The maximum absolute atomic E-state index is 12.6. The third kappa shape index (κ3) is 7.02. The first-order valence-corrected chi connectivity index (χ1v) is 21.3. The van der Waals surface area contributed by atoms with E-state index in [-0.39, 0.29) is 67.2 Å². The lowest BCUT2D eigenvalue weighted by molar-refractivity contribution is -0.336. The van der Waals surface area contributed by atoms with E-state index in [0.717, 1.165) is 44.1 Å². The Kier molecular flexibility index (Phi) is 11.6. The Labute approximate surface area is 330 Å². The van der Waals surface area contributed by atoms with Crippen LogP contribution in [0.2, 0.25) is 0 Å². The number of methoxy groups -OCH3 is 1. The van der Waals surface area contributed by atoms with Crippen molar-refractivity contribution in [2.24, 2.45) is 34.5 Å². The highest BCUT2D eigenvalue weighted by atomic mass is 16.7. The van der Waals surface area contributed by atoms with Gasteiger partial charge >= 0.3 is 5.97 Å². The normalized spacial score (nSPS) is 54.8. The van der Waals surface area contributed by atoms with Crippen molar-refractivity contribution >= 4 is 5.97 Å². The van der Waals surface area contributed by atoms with E-state index < -0.39 is 84.8 Å². The number of esters is 1. The zero-order valence-corrected chi connectivity index (χ0v) is 33.9. The van der Waals surface area contributed by atoms with Gasteiger partial charge in [-0.15, -0.1) is 0 Å². The van der Waals surface area contributed by atoms with Crippen molar-refractivity contribution in [3.8, 4) is 0 Å². The molecule has 0 radical (unpaired) electrons. The number of ether oxygens (including phenoxy) is 8. The molecule has 318 valence electrons. The van der Waals surface area contributed by atoms with Gasteiger partial charge in [-0.1, -0.05) is 13.8 Å². The van der Waals surface area contributed by atoms with Crippen LogP contribution in [0.25, 0.3) is 0 Å². The van der Waals surface area contributed by atoms with E-state index in [1.54, 1.807) is 13.0 Å². The number of aliphatic hydroxyl groups is 5. The smallest absolute Gasteiger partial charge is 0.331 e. The van der Waals surface area contributed by atoms with Crippen molar-refractivity contribution in [1.29, 1.82) is 0 Å². The SMILES string of the molecule is COC1C(O)CC(OC2C(O)CC(OC3C(O)CC(O[C@@H]4CC[C@]5(C)[C@@H](CC[C@H]6[C@H]5C[C@H](O)[C@@]5(C)[C@H](C7=CC(=O)OC7)CC[C@@]65O)C4)OC3C)OC2C)OC1C. The van der Waals surface area contributed by atoms with E-state index in [4.69, 9.17) is 37.9 Å². The second-order valence-electron chi connectivity index (χ2n) is 19.0. The van der Waals surface area contributed by atoms with Gasteiger partial charge in [0.1, 0.15) is 24.9 Å². The molecule has 7 fully saturated rings. The standard InChI is InChI=1S/C42H66O14/c1-20-37(49-6)29(43)16-35(51-20)55-39-22(3)53-36(18-31(39)45)56-38-21(2)52-34(17-30(38)44)54-25-9-11-40(4)24(14-25)7-8-27-28(40)15-32(46)41(5)26(10-12-42(27,41)48)23-13-33(47)50-19-23/h13,20-22,24-32,34-39,43-46,48H,7-12,14-19H2,1-6H3/t20?,21?,22?,24-,25+,26-,27-,28+,29?,30?,31?,32-,34?,35?,36?,37?,38?,39?,40+,41+,42+/m0/s1. The number of aliphatic hydroxyl groups excluding tert-OH is 4. The molecule has 0 amide bonds. The lowest BCUT2D eigenvalue weighted by atomic mass is 9.42. The Morgan fingerprint density at radius 3 is 1.80 bits per heavy atom. The van der Waals surface area contributed by atoms with Crippen LogP contribution in [-0.2, 0) is 42.7 Å². The number of rotatable bonds is 8. The van der Waals surface area contributed by atoms with Crippen LogP contribution in [0.15, 0.2) is 11.6 Å². The average Bonchev–Trinajstić information content (AvgIpc) is 3.68. The Hall–Kier alpha value is -1.27. The Bertz CT molecular complexity index is 1430. The molecular formula is C42H66O14. The van der Waals surface area contributed by atoms with Crippen molar-refractivity contribution in [2.45, 2.75) is 197 Å². The molecule has 0 aromatic rings. The fourth-order valence-corrected chi connectivity index (χ4v) is 13.1. The monoisotopic (exact) mass is 794 g/mol. The fourth-order valence-electron chi connectivity index (χ4n) is 13.1. The third-order valence-corrected chi connectivity index (χ3v) is 16.2. The predicted molar refractivity (Wildman–Crippen MR) is 197 cm³/mol. The summed E-state index contributed by atoms with van der Waals surface area (Å²) in [4.78, 5) is 12.0. The molecule has 0 spiro atoms. The van der Waals surface area contributed by atoms with Crippen LogP contribution >= 0.6 is 0 Å². The molecule has 8 rings (SSSR count). The third-order valence-electron chi connectivity index (χ3n) is 16.2. The quantitative estimate of drug-likeness (QED) is 0.178. The summed E-state index contributed by atoms with van der Waals surface area (Å²) < 4.78 is 47.8. The predicted octanol–water partition coefficient (Wildman–Crippen LogP) is 2.87. The first kappa shape index (κ1) is 41.5. The van der Waals surface area contributed by atoms with Crippen LogP contribution in [0.5, 0.6) is 0 Å². The van der Waals surface area contributed by atoms with Gasteiger partial charge in [0.2, 0.25) is 0 Å². The molecule has 12 unspecified atom stereocenters. The summed E-state index contributed by atoms with van der Waals surface area (Å²) in [6, 6.07) is 0. The maximum atomic E-state index is 12.6. The summed E-state index contributed by atoms with van der Waals surface area (Å²) in [7, 11) is 1.53. The van der Waals surface area contributed by atoms with Gasteiger partial charge in [0.05, 0.1) is 54.4 Å². The summed E-state index contributed by atoms with van der Waals surface area (Å²) in [5.41, 5.74) is -0.877. The molecule has 3 saturated heterocycles. The van der Waals surface area contributed by atoms with Gasteiger partial charge in [0.15, 0.2) is 18.9 Å². The maximum Gasteiger partial charge on any atom is 0.331 e. The summed E-state index contributed by atoms with van der Waals surface area (Å²) in [5, 5.41) is 57.3. The van der Waals surface area contributed by atoms with Crippen molar-refractivity contribution in [1.82, 2.24) is 0 Å². The molecule has 5 N–H and O–H groups in total. The minimum Gasteiger partial charge on any atom is -0.458 e. The van der Waals surface area contributed by atoms with Gasteiger partial charge in [-0.25, -0.2) is 4.79 Å². The average molecular weight is 795 g/mol. The second-order valence-corrected chi connectivity index (χ2v) is 19.0. The molecule has 4 saturated carbocycles. The Morgan fingerprint density at radius 1 is 0.696 bits per heavy atom. The summed E-state index contributed by atoms with van der Waals surface area (Å²) >= 11 is 0. The Morgan fingerprint density at radius 2 is 1.27 bits per heavy atom. The molecule has 0 aromatic carbocycles. The molecule has 0 aromatic heterocycles. The second kappa shape index (κ2) is 15.6. The van der Waals surface area contributed by atoms with Gasteiger partial charge in [0.25, 0.3) is 0 Å². The number of fused-ring (bicyclic) bond motifs is 5. The highest BCUT2D eigenvalue weighted by Gasteiger charge is 2.71. The molecule has 21 atom stereocenters. The topological polar surface area (TPSA) is 192 Å². The first-order chi connectivity index (χ1) is 26.5. The van der Waals surface area contributed by atoms with Gasteiger partial charge in [-0.2, -0.15) is 0 Å². The molecule has 4 aliphatic carbocycles. The van der Waals surface area contributed by atoms with E-state index in [2.05, 4.69) is 6.92 Å². The van der Waals surface area contributed by atoms with Crippen LogP contribution in [0.1, 0.15) is 105 Å². The summed E-state index contributed by atoms with van der Waals surface area (Å²) in [5.74, 6) is 0.223. The minimum absolute atomic E-state index is 0.0386. The molecule has 0 bridgehead atoms. The van der Waals surface area contributed by atoms with Crippen LogP contribution in [0, 0.1) is 34.5 Å². The van der Waals surface area contributed by atoms with E-state index in [0.29, 0.717) is 18.8 Å². The molecule has 4 aliphatic heterocycles. The van der Waals surface area contributed by atoms with Crippen molar-refractivity contribution < 1.29 is 68.2 Å². The minimum atomic E-state index is -1.01.